The minimum atomic E-state index is 0. The third-order valence-corrected chi connectivity index (χ3v) is 1.34. The molecule has 0 N–H and O–H groups in total. The van der Waals surface area contributed by atoms with E-state index in [-0.39, 0.29) is 75.9 Å². The van der Waals surface area contributed by atoms with Crippen molar-refractivity contribution in [3.05, 3.63) is 10.6 Å². The summed E-state index contributed by atoms with van der Waals surface area (Å²) in [6.07, 6.45) is 0. The maximum Gasteiger partial charge on any atom is 3.00 e. The van der Waals surface area contributed by atoms with Crippen LogP contribution in [0.3, 0.4) is 0 Å². The minimum absolute atomic E-state index is 0. The van der Waals surface area contributed by atoms with Gasteiger partial charge in [0.1, 0.15) is 0 Å². The Balaban J connectivity index is -0.0000000625. The molecule has 0 bridgehead atoms. The van der Waals surface area contributed by atoms with Crippen molar-refractivity contribution >= 4 is 0 Å². The maximum absolute atomic E-state index is 4.02. The predicted molar refractivity (Wildman–Crippen MR) is 58.1 cm³/mol. The van der Waals surface area contributed by atoms with Crippen molar-refractivity contribution in [2.24, 2.45) is 0 Å². The first-order valence-electron chi connectivity index (χ1n) is 4.34. The van der Waals surface area contributed by atoms with Crippen LogP contribution in [0.5, 0.6) is 0 Å². The first-order chi connectivity index (χ1) is 5.12. The second-order valence-electron chi connectivity index (χ2n) is 4.79. The van der Waals surface area contributed by atoms with E-state index in [0.29, 0.717) is 0 Å². The predicted octanol–water partition coefficient (Wildman–Crippen LogP) is 0.581. The molecular formula is C10H24IN2Nd. The molecule has 0 aromatic rings. The third kappa shape index (κ3) is 37.0. The van der Waals surface area contributed by atoms with Gasteiger partial charge in [0.15, 0.2) is 0 Å². The quantitative estimate of drug-likeness (QED) is 0.491. The van der Waals surface area contributed by atoms with Crippen molar-refractivity contribution in [2.75, 3.05) is 14.1 Å². The summed E-state index contributed by atoms with van der Waals surface area (Å²) in [4.78, 5) is 0. The van der Waals surface area contributed by atoms with Crippen LogP contribution in [0, 0.1) is 40.8 Å². The molecule has 1 radical (unpaired) electrons. The molecule has 0 amide bonds. The average molecular weight is 443 g/mol. The Kier molecular flexibility index (Phi) is 20.5. The Labute approximate surface area is 140 Å². The molecule has 0 atom stereocenters. The number of nitrogens with zero attached hydrogens (tertiary/aromatic N) is 2. The molecule has 14 heavy (non-hydrogen) atoms. The second-order valence-corrected chi connectivity index (χ2v) is 4.79. The molecule has 0 spiro atoms. The molecule has 0 fully saturated rings. The Morgan fingerprint density at radius 3 is 0.714 bits per heavy atom. The molecule has 0 saturated carbocycles. The van der Waals surface area contributed by atoms with E-state index in [0.717, 1.165) is 0 Å². The van der Waals surface area contributed by atoms with E-state index < -0.39 is 0 Å². The van der Waals surface area contributed by atoms with Crippen molar-refractivity contribution in [1.29, 1.82) is 0 Å². The zero-order valence-electron chi connectivity index (χ0n) is 10.8. The molecule has 0 aromatic carbocycles. The van der Waals surface area contributed by atoms with Gasteiger partial charge in [-0.15, -0.1) is 11.1 Å². The van der Waals surface area contributed by atoms with Gasteiger partial charge in [-0.3, -0.25) is 0 Å². The average Bonchev–Trinajstić information content (AvgIpc) is 1.86. The molecule has 0 aromatic heterocycles. The van der Waals surface area contributed by atoms with Crippen molar-refractivity contribution in [1.82, 2.24) is 0 Å². The molecule has 0 rings (SSSR count). The van der Waals surface area contributed by atoms with E-state index in [4.69, 9.17) is 0 Å². The van der Waals surface area contributed by atoms with E-state index >= 15 is 0 Å². The van der Waals surface area contributed by atoms with E-state index in [9.17, 15) is 0 Å². The van der Waals surface area contributed by atoms with Crippen LogP contribution < -0.4 is 24.0 Å². The van der Waals surface area contributed by atoms with Gasteiger partial charge in [-0.1, -0.05) is 41.5 Å². The summed E-state index contributed by atoms with van der Waals surface area (Å²) >= 11 is 0. The second kappa shape index (κ2) is 11.5. The topological polar surface area (TPSA) is 28.2 Å². The summed E-state index contributed by atoms with van der Waals surface area (Å²) in [5, 5.41) is 8.04. The molecule has 0 saturated heterocycles. The minimum Gasteiger partial charge on any atom is -1.00 e. The maximum atomic E-state index is 4.02. The van der Waals surface area contributed by atoms with Crippen LogP contribution in [-0.2, 0) is 0 Å². The van der Waals surface area contributed by atoms with Gasteiger partial charge in [0.05, 0.1) is 0 Å². The monoisotopic (exact) mass is 441 g/mol. The van der Waals surface area contributed by atoms with Crippen molar-refractivity contribution in [2.45, 2.75) is 52.6 Å². The van der Waals surface area contributed by atoms with Crippen molar-refractivity contribution < 1.29 is 64.8 Å². The SMILES string of the molecule is C[N-]C(C)(C)C.C[N-]C(C)(C)C.[I-].[Nd+3]. The first kappa shape index (κ1) is 25.0. The number of hydrogen-bond acceptors (Lipinski definition) is 0. The fraction of sp³-hybridized carbons (Fsp3) is 1.00. The molecule has 0 unspecified atom stereocenters. The summed E-state index contributed by atoms with van der Waals surface area (Å²) in [7, 11) is 3.67. The van der Waals surface area contributed by atoms with Crippen LogP contribution in [0.15, 0.2) is 0 Å². The smallest absolute Gasteiger partial charge is 1.00 e. The largest absolute Gasteiger partial charge is 3.00 e. The van der Waals surface area contributed by atoms with E-state index in [1.807, 2.05) is 14.1 Å². The summed E-state index contributed by atoms with van der Waals surface area (Å²) in [6.45, 7) is 12.5. The van der Waals surface area contributed by atoms with Crippen molar-refractivity contribution in [3.63, 3.8) is 0 Å². The summed E-state index contributed by atoms with van der Waals surface area (Å²) in [5.74, 6) is 0. The van der Waals surface area contributed by atoms with Crippen LogP contribution >= 0.6 is 0 Å². The summed E-state index contributed by atoms with van der Waals surface area (Å²) in [6, 6.07) is 0. The first-order valence-corrected chi connectivity index (χ1v) is 4.34. The van der Waals surface area contributed by atoms with Gasteiger partial charge in [0, 0.05) is 0 Å². The Hall–Kier alpha value is 2.00. The van der Waals surface area contributed by atoms with Crippen LogP contribution in [0.1, 0.15) is 41.5 Å². The van der Waals surface area contributed by atoms with Gasteiger partial charge in [-0.25, -0.2) is 0 Å². The summed E-state index contributed by atoms with van der Waals surface area (Å²) in [5.41, 5.74) is 0.333. The van der Waals surface area contributed by atoms with Gasteiger partial charge in [-0.05, 0) is 0 Å². The zero-order chi connectivity index (χ0) is 10.4. The molecule has 2 nitrogen and oxygen atoms in total. The number of halogens is 1. The molecular weight excluding hydrogens is 419 g/mol. The fourth-order valence-corrected chi connectivity index (χ4v) is 0. The van der Waals surface area contributed by atoms with E-state index in [1.165, 1.54) is 0 Å². The molecule has 0 aliphatic rings. The molecule has 0 aliphatic heterocycles. The molecule has 85 valence electrons. The number of rotatable bonds is 0. The Morgan fingerprint density at radius 2 is 0.714 bits per heavy atom. The summed E-state index contributed by atoms with van der Waals surface area (Å²) < 4.78 is 0. The zero-order valence-corrected chi connectivity index (χ0v) is 16.1. The molecule has 0 heterocycles. The van der Waals surface area contributed by atoms with Crippen LogP contribution in [0.4, 0.5) is 0 Å². The van der Waals surface area contributed by atoms with Gasteiger partial charge in [0.2, 0.25) is 0 Å². The van der Waals surface area contributed by atoms with E-state index in [1.54, 1.807) is 0 Å². The van der Waals surface area contributed by atoms with Crippen LogP contribution in [0.2, 0.25) is 0 Å². The third-order valence-electron chi connectivity index (χ3n) is 1.34. The Morgan fingerprint density at radius 1 is 0.643 bits per heavy atom. The molecule has 4 heteroatoms. The fourth-order valence-electron chi connectivity index (χ4n) is 0. The van der Waals surface area contributed by atoms with Crippen LogP contribution in [0.25, 0.3) is 10.6 Å². The van der Waals surface area contributed by atoms with E-state index in [2.05, 4.69) is 52.2 Å². The van der Waals surface area contributed by atoms with Gasteiger partial charge in [-0.2, -0.15) is 14.1 Å². The van der Waals surface area contributed by atoms with Gasteiger partial charge < -0.3 is 34.6 Å². The van der Waals surface area contributed by atoms with Crippen molar-refractivity contribution in [3.8, 4) is 0 Å². The van der Waals surface area contributed by atoms with Gasteiger partial charge in [0.25, 0.3) is 0 Å². The normalized spacial score (nSPS) is 10.3. The molecule has 0 aliphatic carbocycles. The van der Waals surface area contributed by atoms with Crippen LogP contribution in [-0.4, -0.2) is 25.2 Å². The number of hydrogen-bond donors (Lipinski definition) is 0. The Bertz CT molecular complexity index is 91.7. The standard InChI is InChI=1S/2C5H12N.HI.Nd/c2*1-5(2,3)6-4;;/h2*1-4H3;1H;/q2*-1;;+3/p-1. The van der Waals surface area contributed by atoms with Gasteiger partial charge >= 0.3 is 40.8 Å².